The SMILES string of the molecule is CCNC(=NCc1ccc(C)cc1OCCOCC)NCCCCN1CCCC1.I. The standard InChI is InChI=1S/C23H40N4O2.HI/c1-4-24-23(25-12-6-7-13-27-14-8-9-15-27)26-19-21-11-10-20(3)18-22(21)29-17-16-28-5-2;/h10-11,18H,4-9,12-17,19H2,1-3H3,(H2,24,25,26);1H. The molecule has 6 nitrogen and oxygen atoms in total. The van der Waals surface area contributed by atoms with Crippen molar-refractivity contribution >= 4 is 29.9 Å². The van der Waals surface area contributed by atoms with Gasteiger partial charge < -0.3 is 25.0 Å². The van der Waals surface area contributed by atoms with Crippen molar-refractivity contribution in [1.29, 1.82) is 0 Å². The Balaban J connectivity index is 0.00000450. The zero-order valence-electron chi connectivity index (χ0n) is 19.0. The van der Waals surface area contributed by atoms with E-state index in [0.717, 1.165) is 36.8 Å². The largest absolute Gasteiger partial charge is 0.491 e. The summed E-state index contributed by atoms with van der Waals surface area (Å²) in [5, 5.41) is 6.81. The Hall–Kier alpha value is -1.06. The zero-order valence-corrected chi connectivity index (χ0v) is 21.4. The smallest absolute Gasteiger partial charge is 0.191 e. The Morgan fingerprint density at radius 2 is 1.90 bits per heavy atom. The molecule has 0 bridgehead atoms. The highest BCUT2D eigenvalue weighted by molar-refractivity contribution is 14.0. The predicted molar refractivity (Wildman–Crippen MR) is 136 cm³/mol. The molecule has 172 valence electrons. The minimum Gasteiger partial charge on any atom is -0.491 e. The predicted octanol–water partition coefficient (Wildman–Crippen LogP) is 3.96. The number of halogens is 1. The molecule has 1 aromatic rings. The summed E-state index contributed by atoms with van der Waals surface area (Å²) < 4.78 is 11.3. The number of guanidine groups is 1. The molecule has 0 atom stereocenters. The maximum absolute atomic E-state index is 5.93. The molecule has 1 aliphatic rings. The number of ether oxygens (including phenoxy) is 2. The van der Waals surface area contributed by atoms with E-state index in [2.05, 4.69) is 47.6 Å². The lowest BCUT2D eigenvalue weighted by Crippen LogP contribution is -2.38. The molecule has 1 aliphatic heterocycles. The van der Waals surface area contributed by atoms with E-state index in [1.165, 1.54) is 44.5 Å². The number of unbranched alkanes of at least 4 members (excludes halogenated alkanes) is 1. The van der Waals surface area contributed by atoms with Crippen LogP contribution in [0.5, 0.6) is 5.75 Å². The fourth-order valence-electron chi connectivity index (χ4n) is 3.46. The van der Waals surface area contributed by atoms with E-state index < -0.39 is 0 Å². The molecular weight excluding hydrogens is 491 g/mol. The van der Waals surface area contributed by atoms with Crippen LogP contribution in [-0.4, -0.2) is 63.4 Å². The number of benzene rings is 1. The molecule has 1 heterocycles. The number of rotatable bonds is 13. The molecule has 0 radical (unpaired) electrons. The van der Waals surface area contributed by atoms with Gasteiger partial charge in [0.1, 0.15) is 12.4 Å². The number of nitrogens with one attached hydrogen (secondary N) is 2. The van der Waals surface area contributed by atoms with Crippen molar-refractivity contribution in [3.05, 3.63) is 29.3 Å². The average molecular weight is 533 g/mol. The number of nitrogens with zero attached hydrogens (tertiary/aromatic N) is 2. The van der Waals surface area contributed by atoms with E-state index in [-0.39, 0.29) is 24.0 Å². The lowest BCUT2D eigenvalue weighted by molar-refractivity contribution is 0.110. The minimum absolute atomic E-state index is 0. The zero-order chi connectivity index (χ0) is 20.7. The third kappa shape index (κ3) is 10.8. The Bertz CT molecular complexity index is 607. The molecule has 0 aromatic heterocycles. The average Bonchev–Trinajstić information content (AvgIpc) is 3.23. The van der Waals surface area contributed by atoms with E-state index in [4.69, 9.17) is 14.5 Å². The number of hydrogen-bond acceptors (Lipinski definition) is 4. The first-order valence-electron chi connectivity index (χ1n) is 11.3. The summed E-state index contributed by atoms with van der Waals surface area (Å²) in [5.74, 6) is 1.77. The van der Waals surface area contributed by atoms with Crippen LogP contribution in [0.1, 0.15) is 50.7 Å². The molecule has 0 amide bonds. The van der Waals surface area contributed by atoms with Crippen LogP contribution in [0, 0.1) is 6.92 Å². The van der Waals surface area contributed by atoms with Crippen LogP contribution >= 0.6 is 24.0 Å². The highest BCUT2D eigenvalue weighted by Gasteiger charge is 2.10. The minimum atomic E-state index is 0. The molecule has 1 fully saturated rings. The molecule has 0 saturated carbocycles. The molecule has 0 unspecified atom stereocenters. The Kier molecular flexibility index (Phi) is 14.9. The molecular formula is C23H41IN4O2. The molecule has 0 aliphatic carbocycles. The monoisotopic (exact) mass is 532 g/mol. The lowest BCUT2D eigenvalue weighted by atomic mass is 10.1. The van der Waals surface area contributed by atoms with Crippen molar-refractivity contribution in [3.63, 3.8) is 0 Å². The van der Waals surface area contributed by atoms with E-state index in [0.29, 0.717) is 26.4 Å². The summed E-state index contributed by atoms with van der Waals surface area (Å²) in [6.07, 6.45) is 5.14. The van der Waals surface area contributed by atoms with Gasteiger partial charge in [0.25, 0.3) is 0 Å². The highest BCUT2D eigenvalue weighted by Crippen LogP contribution is 2.21. The molecule has 2 N–H and O–H groups in total. The van der Waals surface area contributed by atoms with E-state index in [1.807, 2.05) is 6.92 Å². The second kappa shape index (κ2) is 16.6. The first-order chi connectivity index (χ1) is 14.2. The number of hydrogen-bond donors (Lipinski definition) is 2. The van der Waals surface area contributed by atoms with Crippen molar-refractivity contribution < 1.29 is 9.47 Å². The molecule has 7 heteroatoms. The first-order valence-corrected chi connectivity index (χ1v) is 11.3. The third-order valence-corrected chi connectivity index (χ3v) is 5.06. The molecule has 30 heavy (non-hydrogen) atoms. The summed E-state index contributed by atoms with van der Waals surface area (Å²) in [7, 11) is 0. The van der Waals surface area contributed by atoms with Gasteiger partial charge in [-0.3, -0.25) is 0 Å². The lowest BCUT2D eigenvalue weighted by Gasteiger charge is -2.15. The normalized spacial score (nSPS) is 14.4. The van der Waals surface area contributed by atoms with E-state index in [9.17, 15) is 0 Å². The van der Waals surface area contributed by atoms with Gasteiger partial charge in [0.2, 0.25) is 0 Å². The summed E-state index contributed by atoms with van der Waals surface area (Å²) >= 11 is 0. The van der Waals surface area contributed by atoms with Gasteiger partial charge >= 0.3 is 0 Å². The van der Waals surface area contributed by atoms with Crippen molar-refractivity contribution in [1.82, 2.24) is 15.5 Å². The Morgan fingerprint density at radius 1 is 1.10 bits per heavy atom. The van der Waals surface area contributed by atoms with Crippen LogP contribution in [-0.2, 0) is 11.3 Å². The maximum atomic E-state index is 5.93. The quantitative estimate of drug-likeness (QED) is 0.174. The van der Waals surface area contributed by atoms with Crippen LogP contribution in [0.15, 0.2) is 23.2 Å². The van der Waals surface area contributed by atoms with Gasteiger partial charge in [-0.25, -0.2) is 4.99 Å². The van der Waals surface area contributed by atoms with Gasteiger partial charge in [0, 0.05) is 25.3 Å². The summed E-state index contributed by atoms with van der Waals surface area (Å²) in [6.45, 7) is 14.2. The maximum Gasteiger partial charge on any atom is 0.191 e. The van der Waals surface area contributed by atoms with Crippen molar-refractivity contribution in [2.45, 2.75) is 53.0 Å². The second-order valence-corrected chi connectivity index (χ2v) is 7.53. The molecule has 1 saturated heterocycles. The van der Waals surface area contributed by atoms with Crippen molar-refractivity contribution in [3.8, 4) is 5.75 Å². The van der Waals surface area contributed by atoms with E-state index in [1.54, 1.807) is 0 Å². The molecule has 0 spiro atoms. The van der Waals surface area contributed by atoms with Crippen LogP contribution < -0.4 is 15.4 Å². The number of likely N-dealkylation sites (tertiary alicyclic amines) is 1. The van der Waals surface area contributed by atoms with Gasteiger partial charge in [-0.05, 0) is 77.7 Å². The van der Waals surface area contributed by atoms with Crippen LogP contribution in [0.2, 0.25) is 0 Å². The fourth-order valence-corrected chi connectivity index (χ4v) is 3.46. The van der Waals surface area contributed by atoms with Gasteiger partial charge in [-0.15, -0.1) is 24.0 Å². The fraction of sp³-hybridized carbons (Fsp3) is 0.696. The van der Waals surface area contributed by atoms with E-state index >= 15 is 0 Å². The first kappa shape index (κ1) is 27.0. The van der Waals surface area contributed by atoms with Crippen molar-refractivity contribution in [2.24, 2.45) is 4.99 Å². The highest BCUT2D eigenvalue weighted by atomic mass is 127. The van der Waals surface area contributed by atoms with Crippen LogP contribution in [0.3, 0.4) is 0 Å². The van der Waals surface area contributed by atoms with Gasteiger partial charge in [-0.1, -0.05) is 12.1 Å². The summed E-state index contributed by atoms with van der Waals surface area (Å²) in [4.78, 5) is 7.34. The molecule has 1 aromatic carbocycles. The topological polar surface area (TPSA) is 58.1 Å². The Labute approximate surface area is 200 Å². The van der Waals surface area contributed by atoms with Crippen molar-refractivity contribution in [2.75, 3.05) is 52.5 Å². The van der Waals surface area contributed by atoms with Gasteiger partial charge in [0.05, 0.1) is 13.2 Å². The number of aliphatic imine (C=N–C) groups is 1. The van der Waals surface area contributed by atoms with Gasteiger partial charge in [0.15, 0.2) is 5.96 Å². The molecule has 2 rings (SSSR count). The second-order valence-electron chi connectivity index (χ2n) is 7.53. The van der Waals surface area contributed by atoms with Crippen LogP contribution in [0.25, 0.3) is 0 Å². The summed E-state index contributed by atoms with van der Waals surface area (Å²) in [5.41, 5.74) is 2.28. The van der Waals surface area contributed by atoms with Crippen LogP contribution in [0.4, 0.5) is 0 Å². The Morgan fingerprint density at radius 3 is 2.63 bits per heavy atom. The van der Waals surface area contributed by atoms with Gasteiger partial charge in [-0.2, -0.15) is 0 Å². The summed E-state index contributed by atoms with van der Waals surface area (Å²) in [6, 6.07) is 6.29. The number of aryl methyl sites for hydroxylation is 1. The third-order valence-electron chi connectivity index (χ3n) is 5.06.